The third-order valence-electron chi connectivity index (χ3n) is 2.55. The van der Waals surface area contributed by atoms with Crippen molar-refractivity contribution < 1.29 is 9.53 Å². The van der Waals surface area contributed by atoms with Crippen molar-refractivity contribution in [1.29, 1.82) is 0 Å². The Balaban J connectivity index is 2.81. The van der Waals surface area contributed by atoms with Gasteiger partial charge in [0.25, 0.3) is 5.91 Å². The van der Waals surface area contributed by atoms with E-state index >= 15 is 0 Å². The van der Waals surface area contributed by atoms with Gasteiger partial charge in [0, 0.05) is 32.9 Å². The van der Waals surface area contributed by atoms with E-state index in [0.29, 0.717) is 37.6 Å². The highest BCUT2D eigenvalue weighted by atomic mass is 16.5. The lowest BCUT2D eigenvalue weighted by Gasteiger charge is -2.19. The van der Waals surface area contributed by atoms with Gasteiger partial charge in [-0.3, -0.25) is 9.48 Å². The van der Waals surface area contributed by atoms with Crippen molar-refractivity contribution >= 4 is 11.6 Å². The van der Waals surface area contributed by atoms with Crippen LogP contribution in [0.1, 0.15) is 24.3 Å². The van der Waals surface area contributed by atoms with Crippen molar-refractivity contribution in [1.82, 2.24) is 14.7 Å². The maximum absolute atomic E-state index is 12.1. The fourth-order valence-corrected chi connectivity index (χ4v) is 1.52. The standard InChI is InChI=1S/C11H20N4O2/c1-4-14(6-7-17-3)11(16)10-9(12)8-15(5-2)13-10/h8H,4-7,12H2,1-3H3. The second kappa shape index (κ2) is 6.24. The molecule has 17 heavy (non-hydrogen) atoms. The van der Waals surface area contributed by atoms with Crippen molar-refractivity contribution in [3.8, 4) is 0 Å². The molecule has 0 unspecified atom stereocenters. The van der Waals surface area contributed by atoms with Crippen LogP contribution in [0.2, 0.25) is 0 Å². The predicted octanol–water partition coefficient (Wildman–Crippen LogP) is 0.594. The SMILES string of the molecule is CCN(CCOC)C(=O)c1nn(CC)cc1N. The van der Waals surface area contributed by atoms with Crippen LogP contribution < -0.4 is 5.73 Å². The van der Waals surface area contributed by atoms with Crippen LogP contribution in [0.25, 0.3) is 0 Å². The summed E-state index contributed by atoms with van der Waals surface area (Å²) in [7, 11) is 1.61. The Kier molecular flexibility index (Phi) is 4.96. The van der Waals surface area contributed by atoms with Crippen LogP contribution in [-0.4, -0.2) is 47.4 Å². The average Bonchev–Trinajstić information content (AvgIpc) is 2.71. The zero-order valence-electron chi connectivity index (χ0n) is 10.6. The molecule has 1 aromatic rings. The number of methoxy groups -OCH3 is 1. The summed E-state index contributed by atoms with van der Waals surface area (Å²) in [6, 6.07) is 0. The number of ether oxygens (including phenoxy) is 1. The Labute approximate surface area is 101 Å². The number of nitrogens with two attached hydrogens (primary N) is 1. The highest BCUT2D eigenvalue weighted by Crippen LogP contribution is 2.12. The van der Waals surface area contributed by atoms with Gasteiger partial charge in [-0.25, -0.2) is 0 Å². The number of likely N-dealkylation sites (N-methyl/N-ethyl adjacent to an activating group) is 1. The molecule has 1 heterocycles. The topological polar surface area (TPSA) is 73.4 Å². The first-order valence-corrected chi connectivity index (χ1v) is 5.75. The number of carbonyl (C=O) groups is 1. The second-order valence-electron chi connectivity index (χ2n) is 3.67. The third-order valence-corrected chi connectivity index (χ3v) is 2.55. The van der Waals surface area contributed by atoms with Gasteiger partial charge < -0.3 is 15.4 Å². The van der Waals surface area contributed by atoms with E-state index < -0.39 is 0 Å². The van der Waals surface area contributed by atoms with E-state index in [2.05, 4.69) is 5.10 Å². The van der Waals surface area contributed by atoms with Crippen molar-refractivity contribution in [3.63, 3.8) is 0 Å². The van der Waals surface area contributed by atoms with Crippen molar-refractivity contribution in [2.24, 2.45) is 0 Å². The Hall–Kier alpha value is -1.56. The molecular formula is C11H20N4O2. The molecule has 0 aliphatic rings. The van der Waals surface area contributed by atoms with Gasteiger partial charge in [-0.1, -0.05) is 0 Å². The van der Waals surface area contributed by atoms with E-state index in [9.17, 15) is 4.79 Å². The Morgan fingerprint density at radius 2 is 2.29 bits per heavy atom. The van der Waals surface area contributed by atoms with E-state index in [0.717, 1.165) is 0 Å². The van der Waals surface area contributed by atoms with Gasteiger partial charge in [0.1, 0.15) is 0 Å². The molecule has 0 bridgehead atoms. The largest absolute Gasteiger partial charge is 0.396 e. The summed E-state index contributed by atoms with van der Waals surface area (Å²) >= 11 is 0. The van der Waals surface area contributed by atoms with E-state index in [1.807, 2.05) is 13.8 Å². The highest BCUT2D eigenvalue weighted by Gasteiger charge is 2.19. The lowest BCUT2D eigenvalue weighted by atomic mass is 10.3. The van der Waals surface area contributed by atoms with Crippen LogP contribution in [0.5, 0.6) is 0 Å². The number of amides is 1. The number of aryl methyl sites for hydroxylation is 1. The molecule has 1 aromatic heterocycles. The number of nitrogen functional groups attached to an aromatic ring is 1. The van der Waals surface area contributed by atoms with Crippen LogP contribution in [0, 0.1) is 0 Å². The molecule has 0 aliphatic carbocycles. The van der Waals surface area contributed by atoms with Gasteiger partial charge in [-0.15, -0.1) is 0 Å². The predicted molar refractivity (Wildman–Crippen MR) is 65.8 cm³/mol. The first-order chi connectivity index (χ1) is 8.13. The number of nitrogens with zero attached hydrogens (tertiary/aromatic N) is 3. The summed E-state index contributed by atoms with van der Waals surface area (Å²) in [6.07, 6.45) is 1.68. The number of anilines is 1. The zero-order valence-corrected chi connectivity index (χ0v) is 10.6. The Morgan fingerprint density at radius 1 is 1.59 bits per heavy atom. The molecule has 0 radical (unpaired) electrons. The molecule has 0 spiro atoms. The minimum Gasteiger partial charge on any atom is -0.396 e. The van der Waals surface area contributed by atoms with Crippen molar-refractivity contribution in [3.05, 3.63) is 11.9 Å². The second-order valence-corrected chi connectivity index (χ2v) is 3.67. The molecule has 1 rings (SSSR count). The fourth-order valence-electron chi connectivity index (χ4n) is 1.52. The maximum Gasteiger partial charge on any atom is 0.276 e. The number of aromatic nitrogens is 2. The average molecular weight is 240 g/mol. The third kappa shape index (κ3) is 3.20. The van der Waals surface area contributed by atoms with Crippen molar-refractivity contribution in [2.45, 2.75) is 20.4 Å². The van der Waals surface area contributed by atoms with Gasteiger partial charge in [0.15, 0.2) is 5.69 Å². The van der Waals surface area contributed by atoms with Crippen LogP contribution in [-0.2, 0) is 11.3 Å². The summed E-state index contributed by atoms with van der Waals surface area (Å²) < 4.78 is 6.63. The summed E-state index contributed by atoms with van der Waals surface area (Å²) in [6.45, 7) is 6.23. The van der Waals surface area contributed by atoms with E-state index in [1.54, 1.807) is 22.9 Å². The lowest BCUT2D eigenvalue weighted by Crippen LogP contribution is -2.34. The lowest BCUT2D eigenvalue weighted by molar-refractivity contribution is 0.0701. The smallest absolute Gasteiger partial charge is 0.276 e. The molecule has 96 valence electrons. The van der Waals surface area contributed by atoms with E-state index in [1.165, 1.54) is 0 Å². The Bertz CT molecular complexity index is 376. The number of rotatable bonds is 6. The van der Waals surface area contributed by atoms with Crippen molar-refractivity contribution in [2.75, 3.05) is 32.5 Å². The Morgan fingerprint density at radius 3 is 2.76 bits per heavy atom. The summed E-state index contributed by atoms with van der Waals surface area (Å²) in [5, 5.41) is 4.16. The fraction of sp³-hybridized carbons (Fsp3) is 0.636. The van der Waals surface area contributed by atoms with Crippen LogP contribution in [0.15, 0.2) is 6.20 Å². The van der Waals surface area contributed by atoms with Crippen LogP contribution >= 0.6 is 0 Å². The van der Waals surface area contributed by atoms with Gasteiger partial charge in [-0.2, -0.15) is 5.10 Å². The minimum absolute atomic E-state index is 0.144. The van der Waals surface area contributed by atoms with E-state index in [4.69, 9.17) is 10.5 Å². The molecule has 0 atom stereocenters. The monoisotopic (exact) mass is 240 g/mol. The van der Waals surface area contributed by atoms with Gasteiger partial charge in [0.05, 0.1) is 12.3 Å². The molecule has 0 fully saturated rings. The summed E-state index contributed by atoms with van der Waals surface area (Å²) in [4.78, 5) is 13.8. The zero-order chi connectivity index (χ0) is 12.8. The highest BCUT2D eigenvalue weighted by molar-refractivity contribution is 5.97. The molecule has 6 nitrogen and oxygen atoms in total. The minimum atomic E-state index is -0.144. The van der Waals surface area contributed by atoms with Crippen LogP contribution in [0.3, 0.4) is 0 Å². The maximum atomic E-state index is 12.1. The molecule has 0 aromatic carbocycles. The van der Waals surface area contributed by atoms with E-state index in [-0.39, 0.29) is 5.91 Å². The first-order valence-electron chi connectivity index (χ1n) is 5.75. The molecule has 6 heteroatoms. The number of hydrogen-bond donors (Lipinski definition) is 1. The number of carbonyl (C=O) groups excluding carboxylic acids is 1. The van der Waals surface area contributed by atoms with Gasteiger partial charge in [0.2, 0.25) is 0 Å². The van der Waals surface area contributed by atoms with Crippen LogP contribution in [0.4, 0.5) is 5.69 Å². The molecular weight excluding hydrogens is 220 g/mol. The van der Waals surface area contributed by atoms with Gasteiger partial charge >= 0.3 is 0 Å². The molecule has 2 N–H and O–H groups in total. The molecule has 0 aliphatic heterocycles. The summed E-state index contributed by atoms with van der Waals surface area (Å²) in [5.41, 5.74) is 6.52. The number of hydrogen-bond acceptors (Lipinski definition) is 4. The molecule has 0 saturated carbocycles. The summed E-state index contributed by atoms with van der Waals surface area (Å²) in [5.74, 6) is -0.144. The van der Waals surface area contributed by atoms with Gasteiger partial charge in [-0.05, 0) is 13.8 Å². The molecule has 1 amide bonds. The molecule has 0 saturated heterocycles. The normalized spacial score (nSPS) is 10.5. The quantitative estimate of drug-likeness (QED) is 0.790. The first kappa shape index (κ1) is 13.5.